The van der Waals surface area contributed by atoms with Crippen molar-refractivity contribution >= 4 is 17.3 Å². The van der Waals surface area contributed by atoms with Gasteiger partial charge in [0.2, 0.25) is 0 Å². The second kappa shape index (κ2) is 4.52. The smallest absolute Gasteiger partial charge is 0.339 e. The summed E-state index contributed by atoms with van der Waals surface area (Å²) in [4.78, 5) is 11.1. The number of esters is 1. The Balaban J connectivity index is 2.82. The Kier molecular flexibility index (Phi) is 3.60. The average Bonchev–Trinajstić information content (AvgIpc) is 2.64. The molecule has 0 spiro atoms. The number of nitrogens with zero attached hydrogens (tertiary/aromatic N) is 1. The van der Waals surface area contributed by atoms with E-state index in [1.54, 1.807) is 12.3 Å². The van der Waals surface area contributed by atoms with Crippen LogP contribution in [0.25, 0.3) is 0 Å². The van der Waals surface area contributed by atoms with Crippen LogP contribution in [0.5, 0.6) is 0 Å². The highest BCUT2D eigenvalue weighted by Gasteiger charge is 2.16. The zero-order valence-corrected chi connectivity index (χ0v) is 9.21. The van der Waals surface area contributed by atoms with Gasteiger partial charge in [-0.05, 0) is 19.9 Å². The van der Waals surface area contributed by atoms with Gasteiger partial charge in [0.25, 0.3) is 0 Å². The van der Waals surface area contributed by atoms with E-state index in [9.17, 15) is 9.35 Å². The van der Waals surface area contributed by atoms with Gasteiger partial charge in [0.1, 0.15) is 5.25 Å². The minimum absolute atomic E-state index is 0.0212. The van der Waals surface area contributed by atoms with Crippen molar-refractivity contribution < 1.29 is 14.1 Å². The maximum Gasteiger partial charge on any atom is 0.339 e. The molecular weight excluding hydrogens is 202 g/mol. The summed E-state index contributed by atoms with van der Waals surface area (Å²) in [6, 6.07) is 1.59. The quantitative estimate of drug-likeness (QED) is 0.562. The minimum Gasteiger partial charge on any atom is -0.592 e. The maximum absolute atomic E-state index is 11.6. The Morgan fingerprint density at radius 3 is 2.79 bits per heavy atom. The van der Waals surface area contributed by atoms with Crippen LogP contribution in [-0.2, 0) is 16.1 Å². The Hall–Kier alpha value is -0.940. The van der Waals surface area contributed by atoms with Crippen LogP contribution in [0.1, 0.15) is 24.2 Å². The lowest BCUT2D eigenvalue weighted by Crippen LogP contribution is -2.21. The molecule has 1 aromatic rings. The molecule has 0 N–H and O–H groups in total. The second-order valence-electron chi connectivity index (χ2n) is 3.08. The summed E-state index contributed by atoms with van der Waals surface area (Å²) in [5, 5.41) is 0.0212. The van der Waals surface area contributed by atoms with E-state index in [0.717, 1.165) is 0 Å². The van der Waals surface area contributed by atoms with Crippen LogP contribution in [0.2, 0.25) is 0 Å². The molecule has 0 aliphatic heterocycles. The molecule has 1 heterocycles. The first-order chi connectivity index (χ1) is 6.56. The third kappa shape index (κ3) is 2.30. The highest BCUT2D eigenvalue weighted by atomic mass is 32.2. The number of carbonyl (C=O) groups excluding carboxylic acids is 1. The summed E-state index contributed by atoms with van der Waals surface area (Å²) >= 11 is -1.12. The molecule has 1 rings (SSSR count). The SMILES string of the molecule is COC(=O)c1ccn([S+]([O-])C(C)C)c1. The lowest BCUT2D eigenvalue weighted by atomic mass is 10.3. The molecule has 0 saturated carbocycles. The van der Waals surface area contributed by atoms with Gasteiger partial charge >= 0.3 is 5.97 Å². The van der Waals surface area contributed by atoms with Gasteiger partial charge in [0, 0.05) is 0 Å². The number of ether oxygens (including phenoxy) is 1. The van der Waals surface area contributed by atoms with Crippen LogP contribution in [0.4, 0.5) is 0 Å². The molecule has 0 bridgehead atoms. The molecular formula is C9H13NO3S. The van der Waals surface area contributed by atoms with Crippen molar-refractivity contribution in [1.82, 2.24) is 3.97 Å². The van der Waals surface area contributed by atoms with Crippen LogP contribution in [0.3, 0.4) is 0 Å². The zero-order valence-electron chi connectivity index (χ0n) is 8.39. The predicted octanol–water partition coefficient (Wildman–Crippen LogP) is 1.19. The average molecular weight is 215 g/mol. The molecule has 0 aromatic carbocycles. The van der Waals surface area contributed by atoms with E-state index >= 15 is 0 Å². The van der Waals surface area contributed by atoms with E-state index < -0.39 is 17.3 Å². The highest BCUT2D eigenvalue weighted by Crippen LogP contribution is 2.10. The van der Waals surface area contributed by atoms with Gasteiger partial charge in [0.15, 0.2) is 0 Å². The fourth-order valence-electron chi connectivity index (χ4n) is 0.971. The van der Waals surface area contributed by atoms with E-state index in [-0.39, 0.29) is 5.25 Å². The van der Waals surface area contributed by atoms with Gasteiger partial charge in [-0.25, -0.2) is 4.79 Å². The van der Waals surface area contributed by atoms with Gasteiger partial charge in [-0.1, -0.05) is 0 Å². The Morgan fingerprint density at radius 2 is 2.29 bits per heavy atom. The van der Waals surface area contributed by atoms with E-state index in [1.165, 1.54) is 17.3 Å². The monoisotopic (exact) mass is 215 g/mol. The van der Waals surface area contributed by atoms with Crippen molar-refractivity contribution in [3.63, 3.8) is 0 Å². The molecule has 78 valence electrons. The maximum atomic E-state index is 11.6. The largest absolute Gasteiger partial charge is 0.592 e. The molecule has 0 aliphatic rings. The molecule has 0 amide bonds. The van der Waals surface area contributed by atoms with Crippen LogP contribution in [-0.4, -0.2) is 26.9 Å². The Morgan fingerprint density at radius 1 is 1.64 bits per heavy atom. The third-order valence-corrected chi connectivity index (χ3v) is 3.15. The molecule has 1 aromatic heterocycles. The van der Waals surface area contributed by atoms with Crippen LogP contribution in [0, 0.1) is 0 Å². The minimum atomic E-state index is -1.12. The van der Waals surface area contributed by atoms with Crippen molar-refractivity contribution in [3.8, 4) is 0 Å². The zero-order chi connectivity index (χ0) is 10.7. The van der Waals surface area contributed by atoms with Crippen molar-refractivity contribution in [2.24, 2.45) is 0 Å². The second-order valence-corrected chi connectivity index (χ2v) is 4.99. The fraction of sp³-hybridized carbons (Fsp3) is 0.444. The predicted molar refractivity (Wildman–Crippen MR) is 54.4 cm³/mol. The van der Waals surface area contributed by atoms with Crippen molar-refractivity contribution in [2.45, 2.75) is 19.1 Å². The molecule has 0 aliphatic carbocycles. The number of carbonyl (C=O) groups is 1. The molecule has 5 heteroatoms. The fourth-order valence-corrected chi connectivity index (χ4v) is 1.86. The Bertz CT molecular complexity index is 322. The number of aromatic nitrogens is 1. The summed E-state index contributed by atoms with van der Waals surface area (Å²) < 4.78 is 17.6. The van der Waals surface area contributed by atoms with Gasteiger partial charge in [-0.2, -0.15) is 3.97 Å². The summed E-state index contributed by atoms with van der Waals surface area (Å²) in [6.07, 6.45) is 3.14. The number of rotatable bonds is 3. The number of methoxy groups -OCH3 is 1. The standard InChI is InChI=1S/C9H13NO3S/c1-7(2)14(12)10-5-4-8(6-10)9(11)13-3/h4-7H,1-3H3. The molecule has 1 atom stereocenters. The normalized spacial score (nSPS) is 12.9. The molecule has 14 heavy (non-hydrogen) atoms. The van der Waals surface area contributed by atoms with Gasteiger partial charge in [0.05, 0.1) is 36.4 Å². The van der Waals surface area contributed by atoms with Crippen molar-refractivity contribution in [3.05, 3.63) is 24.0 Å². The van der Waals surface area contributed by atoms with E-state index in [2.05, 4.69) is 4.74 Å². The van der Waals surface area contributed by atoms with Crippen molar-refractivity contribution in [1.29, 1.82) is 0 Å². The van der Waals surface area contributed by atoms with Gasteiger partial charge in [-0.15, -0.1) is 0 Å². The van der Waals surface area contributed by atoms with E-state index in [4.69, 9.17) is 0 Å². The van der Waals surface area contributed by atoms with E-state index in [0.29, 0.717) is 5.56 Å². The summed E-state index contributed by atoms with van der Waals surface area (Å²) in [6.45, 7) is 3.71. The van der Waals surface area contributed by atoms with Gasteiger partial charge < -0.3 is 9.29 Å². The highest BCUT2D eigenvalue weighted by molar-refractivity contribution is 7.90. The third-order valence-electron chi connectivity index (χ3n) is 1.70. The lowest BCUT2D eigenvalue weighted by molar-refractivity contribution is 0.0601. The van der Waals surface area contributed by atoms with Crippen LogP contribution < -0.4 is 0 Å². The lowest BCUT2D eigenvalue weighted by Gasteiger charge is -2.13. The van der Waals surface area contributed by atoms with Crippen LogP contribution >= 0.6 is 0 Å². The molecule has 0 saturated heterocycles. The molecule has 4 nitrogen and oxygen atoms in total. The first-order valence-corrected chi connectivity index (χ1v) is 5.40. The van der Waals surface area contributed by atoms with Crippen molar-refractivity contribution in [2.75, 3.05) is 7.11 Å². The number of hydrogen-bond donors (Lipinski definition) is 0. The Labute approximate surface area is 86.2 Å². The van der Waals surface area contributed by atoms with Gasteiger partial charge in [-0.3, -0.25) is 0 Å². The topological polar surface area (TPSA) is 54.3 Å². The number of hydrogen-bond acceptors (Lipinski definition) is 3. The molecule has 1 unspecified atom stereocenters. The summed E-state index contributed by atoms with van der Waals surface area (Å²) in [5.74, 6) is -0.412. The summed E-state index contributed by atoms with van der Waals surface area (Å²) in [5.41, 5.74) is 0.418. The first-order valence-electron chi connectivity index (χ1n) is 4.23. The van der Waals surface area contributed by atoms with Crippen LogP contribution in [0.15, 0.2) is 18.5 Å². The first kappa shape index (κ1) is 11.1. The molecule has 0 fully saturated rings. The van der Waals surface area contributed by atoms with E-state index in [1.807, 2.05) is 13.8 Å². The summed E-state index contributed by atoms with van der Waals surface area (Å²) in [7, 11) is 1.32. The molecule has 0 radical (unpaired) electrons.